The lowest BCUT2D eigenvalue weighted by molar-refractivity contribution is 0.316. The maximum atomic E-state index is 9.79. The van der Waals surface area contributed by atoms with Gasteiger partial charge in [0.25, 0.3) is 0 Å². The summed E-state index contributed by atoms with van der Waals surface area (Å²) < 4.78 is 5.59. The van der Waals surface area contributed by atoms with Crippen LogP contribution in [-0.4, -0.2) is 23.7 Å². The summed E-state index contributed by atoms with van der Waals surface area (Å²) in [6.07, 6.45) is 0.859. The lowest BCUT2D eigenvalue weighted by atomic mass is 10.1. The van der Waals surface area contributed by atoms with Gasteiger partial charge in [0, 0.05) is 0 Å². The van der Waals surface area contributed by atoms with Gasteiger partial charge in [0.1, 0.15) is 12.4 Å². The summed E-state index contributed by atoms with van der Waals surface area (Å²) in [4.78, 5) is 4.55. The Balaban J connectivity index is 1.77. The topological polar surface area (TPSA) is 41.8 Å². The fourth-order valence-electron chi connectivity index (χ4n) is 2.21. The van der Waals surface area contributed by atoms with Crippen LogP contribution in [0, 0.1) is 0 Å². The van der Waals surface area contributed by atoms with Gasteiger partial charge in [-0.3, -0.25) is 0 Å². The van der Waals surface area contributed by atoms with E-state index >= 15 is 0 Å². The number of phenolic OH excluding ortho intramolecular Hbond substituents is 1. The second-order valence-electron chi connectivity index (χ2n) is 4.61. The predicted octanol–water partition coefficient (Wildman–Crippen LogP) is 2.78. The number of hydrogen-bond donors (Lipinski definition) is 1. The third-order valence-electron chi connectivity index (χ3n) is 3.16. The van der Waals surface area contributed by atoms with Gasteiger partial charge in [0.2, 0.25) is 5.90 Å². The van der Waals surface area contributed by atoms with E-state index in [9.17, 15) is 5.11 Å². The van der Waals surface area contributed by atoms with Crippen molar-refractivity contribution >= 4 is 5.90 Å². The zero-order valence-corrected chi connectivity index (χ0v) is 10.5. The molecule has 1 N–H and O–H groups in total. The molecule has 0 radical (unpaired) electrons. The van der Waals surface area contributed by atoms with Gasteiger partial charge in [-0.1, -0.05) is 42.5 Å². The Morgan fingerprint density at radius 2 is 1.79 bits per heavy atom. The van der Waals surface area contributed by atoms with Crippen molar-refractivity contribution in [3.63, 3.8) is 0 Å². The van der Waals surface area contributed by atoms with E-state index in [-0.39, 0.29) is 11.8 Å². The van der Waals surface area contributed by atoms with E-state index in [0.717, 1.165) is 6.42 Å². The van der Waals surface area contributed by atoms with Gasteiger partial charge < -0.3 is 9.84 Å². The molecule has 96 valence electrons. The SMILES string of the molecule is Oc1ccccc1C1=N[C@@H](Cc2ccccc2)CO1. The van der Waals surface area contributed by atoms with Crippen LogP contribution in [0.3, 0.4) is 0 Å². The zero-order valence-electron chi connectivity index (χ0n) is 10.5. The Morgan fingerprint density at radius 1 is 1.05 bits per heavy atom. The molecule has 0 unspecified atom stereocenters. The van der Waals surface area contributed by atoms with Crippen LogP contribution in [0.1, 0.15) is 11.1 Å². The highest BCUT2D eigenvalue weighted by atomic mass is 16.5. The van der Waals surface area contributed by atoms with Crippen LogP contribution >= 0.6 is 0 Å². The molecule has 3 nitrogen and oxygen atoms in total. The van der Waals surface area contributed by atoms with Crippen LogP contribution in [0.15, 0.2) is 59.6 Å². The minimum atomic E-state index is 0.122. The van der Waals surface area contributed by atoms with Crippen LogP contribution in [0.25, 0.3) is 0 Å². The summed E-state index contributed by atoms with van der Waals surface area (Å²) in [7, 11) is 0. The van der Waals surface area contributed by atoms with Gasteiger partial charge in [0.15, 0.2) is 0 Å². The Bertz CT molecular complexity index is 593. The lowest BCUT2D eigenvalue weighted by Crippen LogP contribution is -2.09. The highest BCUT2D eigenvalue weighted by molar-refractivity contribution is 5.97. The fraction of sp³-hybridized carbons (Fsp3) is 0.188. The number of ether oxygens (including phenoxy) is 1. The van der Waals surface area contributed by atoms with E-state index in [1.807, 2.05) is 30.3 Å². The van der Waals surface area contributed by atoms with Crippen molar-refractivity contribution in [1.29, 1.82) is 0 Å². The number of aromatic hydroxyl groups is 1. The Hall–Kier alpha value is -2.29. The smallest absolute Gasteiger partial charge is 0.220 e. The maximum absolute atomic E-state index is 9.79. The minimum absolute atomic E-state index is 0.122. The fourth-order valence-corrected chi connectivity index (χ4v) is 2.21. The molecule has 1 aliphatic heterocycles. The summed E-state index contributed by atoms with van der Waals surface area (Å²) in [5.74, 6) is 0.751. The van der Waals surface area contributed by atoms with E-state index in [4.69, 9.17) is 4.74 Å². The van der Waals surface area contributed by atoms with Crippen molar-refractivity contribution < 1.29 is 9.84 Å². The molecule has 0 aliphatic carbocycles. The van der Waals surface area contributed by atoms with E-state index in [2.05, 4.69) is 17.1 Å². The van der Waals surface area contributed by atoms with Crippen molar-refractivity contribution in [1.82, 2.24) is 0 Å². The van der Waals surface area contributed by atoms with Gasteiger partial charge in [-0.25, -0.2) is 4.99 Å². The van der Waals surface area contributed by atoms with Gasteiger partial charge in [0.05, 0.1) is 11.6 Å². The second kappa shape index (κ2) is 5.14. The van der Waals surface area contributed by atoms with Gasteiger partial charge in [-0.2, -0.15) is 0 Å². The first-order valence-electron chi connectivity index (χ1n) is 6.36. The third-order valence-corrected chi connectivity index (χ3v) is 3.16. The summed E-state index contributed by atoms with van der Waals surface area (Å²) in [5, 5.41) is 9.79. The van der Waals surface area contributed by atoms with E-state index in [1.54, 1.807) is 12.1 Å². The average Bonchev–Trinajstić information content (AvgIpc) is 2.89. The second-order valence-corrected chi connectivity index (χ2v) is 4.61. The molecule has 0 bridgehead atoms. The molecule has 0 saturated carbocycles. The molecule has 2 aromatic carbocycles. The predicted molar refractivity (Wildman–Crippen MR) is 74.5 cm³/mol. The monoisotopic (exact) mass is 253 g/mol. The molecule has 0 amide bonds. The number of nitrogens with zero attached hydrogens (tertiary/aromatic N) is 1. The van der Waals surface area contributed by atoms with Crippen LogP contribution in [0.2, 0.25) is 0 Å². The molecule has 0 spiro atoms. The van der Waals surface area contributed by atoms with Crippen LogP contribution < -0.4 is 0 Å². The van der Waals surface area contributed by atoms with Gasteiger partial charge >= 0.3 is 0 Å². The molecule has 3 rings (SSSR count). The molecule has 0 fully saturated rings. The molecule has 0 aromatic heterocycles. The van der Waals surface area contributed by atoms with Crippen molar-refractivity contribution in [3.05, 3.63) is 65.7 Å². The summed E-state index contributed by atoms with van der Waals surface area (Å²) >= 11 is 0. The standard InChI is InChI=1S/C16H15NO2/c18-15-9-5-4-8-14(15)16-17-13(11-19-16)10-12-6-2-1-3-7-12/h1-9,13,18H,10-11H2/t13-/m0/s1. The largest absolute Gasteiger partial charge is 0.507 e. The van der Waals surface area contributed by atoms with E-state index in [0.29, 0.717) is 18.1 Å². The lowest BCUT2D eigenvalue weighted by Gasteiger charge is -2.04. The number of hydrogen-bond acceptors (Lipinski definition) is 3. The first kappa shape index (κ1) is 11.8. The maximum Gasteiger partial charge on any atom is 0.220 e. The average molecular weight is 253 g/mol. The van der Waals surface area contributed by atoms with Crippen LogP contribution in [-0.2, 0) is 11.2 Å². The van der Waals surface area contributed by atoms with Gasteiger partial charge in [-0.15, -0.1) is 0 Å². The van der Waals surface area contributed by atoms with Crippen molar-refractivity contribution in [2.45, 2.75) is 12.5 Å². The molecule has 0 saturated heterocycles. The molecular formula is C16H15NO2. The summed E-state index contributed by atoms with van der Waals surface area (Å²) in [5.41, 5.74) is 1.91. The van der Waals surface area contributed by atoms with E-state index < -0.39 is 0 Å². The Morgan fingerprint density at radius 3 is 2.58 bits per heavy atom. The first-order valence-corrected chi connectivity index (χ1v) is 6.36. The number of benzene rings is 2. The first-order chi connectivity index (χ1) is 9.33. The molecule has 2 aromatic rings. The summed E-state index contributed by atoms with van der Waals surface area (Å²) in [6.45, 7) is 0.568. The van der Waals surface area contributed by atoms with Crippen LogP contribution in [0.5, 0.6) is 5.75 Å². The van der Waals surface area contributed by atoms with Crippen molar-refractivity contribution in [3.8, 4) is 5.75 Å². The normalized spacial score (nSPS) is 17.9. The number of rotatable bonds is 3. The molecule has 1 aliphatic rings. The minimum Gasteiger partial charge on any atom is -0.507 e. The highest BCUT2D eigenvalue weighted by Crippen LogP contribution is 2.22. The molecule has 19 heavy (non-hydrogen) atoms. The van der Waals surface area contributed by atoms with E-state index in [1.165, 1.54) is 5.56 Å². The summed E-state index contributed by atoms with van der Waals surface area (Å²) in [6, 6.07) is 17.5. The zero-order chi connectivity index (χ0) is 13.1. The van der Waals surface area contributed by atoms with Crippen molar-refractivity contribution in [2.75, 3.05) is 6.61 Å². The Labute approximate surface area is 112 Å². The third kappa shape index (κ3) is 2.60. The number of aliphatic imine (C=N–C) groups is 1. The molecular weight excluding hydrogens is 238 g/mol. The molecule has 1 heterocycles. The van der Waals surface area contributed by atoms with Crippen molar-refractivity contribution in [2.24, 2.45) is 4.99 Å². The quantitative estimate of drug-likeness (QED) is 0.913. The van der Waals surface area contributed by atoms with Gasteiger partial charge in [-0.05, 0) is 24.1 Å². The van der Waals surface area contributed by atoms with Crippen LogP contribution in [0.4, 0.5) is 0 Å². The highest BCUT2D eigenvalue weighted by Gasteiger charge is 2.21. The Kier molecular flexibility index (Phi) is 3.19. The number of phenols is 1. The molecule has 1 atom stereocenters. The molecule has 3 heteroatoms. The number of para-hydroxylation sites is 1.